The zero-order valence-corrected chi connectivity index (χ0v) is 15.9. The molecule has 2 aromatic carbocycles. The molecule has 1 N–H and O–H groups in total. The smallest absolute Gasteiger partial charge is 0.339 e. The van der Waals surface area contributed by atoms with Gasteiger partial charge in [0.2, 0.25) is 5.91 Å². The Morgan fingerprint density at radius 2 is 1.72 bits per heavy atom. The summed E-state index contributed by atoms with van der Waals surface area (Å²) in [6, 6.07) is 16.6. The molecule has 0 atom stereocenters. The summed E-state index contributed by atoms with van der Waals surface area (Å²) in [7, 11) is 2.83. The minimum atomic E-state index is -0.572. The Morgan fingerprint density at radius 1 is 1.00 bits per heavy atom. The van der Waals surface area contributed by atoms with Crippen LogP contribution < -0.4 is 15.6 Å². The van der Waals surface area contributed by atoms with Crippen molar-refractivity contribution in [1.82, 2.24) is 9.78 Å². The topological polar surface area (TPSA) is 99.5 Å². The van der Waals surface area contributed by atoms with Gasteiger partial charge >= 0.3 is 5.97 Å². The Hall–Kier alpha value is -3.94. The third-order valence-corrected chi connectivity index (χ3v) is 4.15. The van der Waals surface area contributed by atoms with Gasteiger partial charge in [0, 0.05) is 11.6 Å². The maximum atomic E-state index is 12.4. The van der Waals surface area contributed by atoms with Gasteiger partial charge in [0.05, 0.1) is 31.2 Å². The average molecular weight is 393 g/mol. The van der Waals surface area contributed by atoms with E-state index in [9.17, 15) is 14.4 Å². The molecule has 3 aromatic rings. The van der Waals surface area contributed by atoms with Crippen LogP contribution in [0.1, 0.15) is 10.4 Å². The fourth-order valence-corrected chi connectivity index (χ4v) is 2.68. The minimum absolute atomic E-state index is 0.218. The molecule has 0 radical (unpaired) electrons. The average Bonchev–Trinajstić information content (AvgIpc) is 2.75. The van der Waals surface area contributed by atoms with Crippen molar-refractivity contribution in [3.63, 3.8) is 0 Å². The summed E-state index contributed by atoms with van der Waals surface area (Å²) in [5, 5.41) is 6.88. The van der Waals surface area contributed by atoms with Gasteiger partial charge in [0.1, 0.15) is 12.3 Å². The number of hydrogen-bond donors (Lipinski definition) is 1. The van der Waals surface area contributed by atoms with Crippen LogP contribution >= 0.6 is 0 Å². The van der Waals surface area contributed by atoms with Crippen molar-refractivity contribution in [2.24, 2.45) is 0 Å². The molecule has 1 amide bonds. The zero-order valence-electron chi connectivity index (χ0n) is 15.9. The Balaban J connectivity index is 1.80. The van der Waals surface area contributed by atoms with E-state index in [1.165, 1.54) is 19.2 Å². The second-order valence-corrected chi connectivity index (χ2v) is 6.03. The van der Waals surface area contributed by atoms with Crippen molar-refractivity contribution in [3.8, 4) is 17.0 Å². The van der Waals surface area contributed by atoms with E-state index in [1.807, 2.05) is 12.1 Å². The van der Waals surface area contributed by atoms with Gasteiger partial charge in [-0.3, -0.25) is 9.59 Å². The third-order valence-electron chi connectivity index (χ3n) is 4.15. The molecule has 3 rings (SSSR count). The van der Waals surface area contributed by atoms with Crippen molar-refractivity contribution in [1.29, 1.82) is 0 Å². The fraction of sp³-hybridized carbons (Fsp3) is 0.143. The summed E-state index contributed by atoms with van der Waals surface area (Å²) in [5.41, 5.74) is 1.41. The fourth-order valence-electron chi connectivity index (χ4n) is 2.68. The van der Waals surface area contributed by atoms with Crippen molar-refractivity contribution in [2.45, 2.75) is 6.54 Å². The van der Waals surface area contributed by atoms with E-state index in [0.29, 0.717) is 17.1 Å². The molecule has 0 aliphatic carbocycles. The molecule has 29 heavy (non-hydrogen) atoms. The minimum Gasteiger partial charge on any atom is -0.497 e. The Labute approximate surface area is 166 Å². The number of esters is 1. The number of nitrogens with zero attached hydrogens (tertiary/aromatic N) is 2. The molecule has 0 fully saturated rings. The number of aromatic nitrogens is 2. The van der Waals surface area contributed by atoms with Crippen molar-refractivity contribution in [2.75, 3.05) is 19.5 Å². The molecule has 0 saturated carbocycles. The third kappa shape index (κ3) is 4.67. The number of carbonyl (C=O) groups is 2. The molecule has 0 spiro atoms. The number of rotatable bonds is 6. The van der Waals surface area contributed by atoms with Crippen LogP contribution in [-0.2, 0) is 16.1 Å². The molecule has 1 aromatic heterocycles. The van der Waals surface area contributed by atoms with Crippen LogP contribution in [0.25, 0.3) is 11.3 Å². The van der Waals surface area contributed by atoms with Crippen LogP contribution in [0.2, 0.25) is 0 Å². The lowest BCUT2D eigenvalue weighted by Gasteiger charge is -2.11. The first-order valence-corrected chi connectivity index (χ1v) is 8.71. The molecule has 0 bridgehead atoms. The maximum absolute atomic E-state index is 12.4. The van der Waals surface area contributed by atoms with Crippen LogP contribution in [0.3, 0.4) is 0 Å². The number of benzene rings is 2. The highest BCUT2D eigenvalue weighted by Crippen LogP contribution is 2.20. The van der Waals surface area contributed by atoms with E-state index >= 15 is 0 Å². The van der Waals surface area contributed by atoms with Crippen molar-refractivity contribution in [3.05, 3.63) is 76.6 Å². The summed E-state index contributed by atoms with van der Waals surface area (Å²) >= 11 is 0. The molecule has 8 nitrogen and oxygen atoms in total. The van der Waals surface area contributed by atoms with E-state index in [0.717, 1.165) is 10.2 Å². The number of anilines is 1. The number of hydrogen-bond acceptors (Lipinski definition) is 6. The Morgan fingerprint density at radius 3 is 2.41 bits per heavy atom. The van der Waals surface area contributed by atoms with Gasteiger partial charge < -0.3 is 14.8 Å². The maximum Gasteiger partial charge on any atom is 0.339 e. The second kappa shape index (κ2) is 8.83. The van der Waals surface area contributed by atoms with Gasteiger partial charge in [-0.25, -0.2) is 9.48 Å². The van der Waals surface area contributed by atoms with E-state index < -0.39 is 17.4 Å². The highest BCUT2D eigenvalue weighted by molar-refractivity contribution is 6.01. The number of ether oxygens (including phenoxy) is 2. The van der Waals surface area contributed by atoms with E-state index in [2.05, 4.69) is 10.4 Å². The Bertz CT molecular complexity index is 1090. The number of carbonyl (C=O) groups excluding carboxylic acids is 2. The van der Waals surface area contributed by atoms with Gasteiger partial charge in [-0.05, 0) is 42.5 Å². The number of methoxy groups -OCH3 is 2. The van der Waals surface area contributed by atoms with Crippen LogP contribution in [0.4, 0.5) is 5.69 Å². The molecular weight excluding hydrogens is 374 g/mol. The Kier molecular flexibility index (Phi) is 6.03. The van der Waals surface area contributed by atoms with Crippen molar-refractivity contribution >= 4 is 17.6 Å². The van der Waals surface area contributed by atoms with Gasteiger partial charge in [-0.2, -0.15) is 5.10 Å². The lowest BCUT2D eigenvalue weighted by molar-refractivity contribution is -0.117. The molecule has 0 aliphatic rings. The zero-order chi connectivity index (χ0) is 20.8. The normalized spacial score (nSPS) is 10.3. The lowest BCUT2D eigenvalue weighted by Crippen LogP contribution is -2.29. The monoisotopic (exact) mass is 393 g/mol. The van der Waals surface area contributed by atoms with Gasteiger partial charge in [-0.15, -0.1) is 0 Å². The van der Waals surface area contributed by atoms with E-state index in [1.54, 1.807) is 43.5 Å². The summed E-state index contributed by atoms with van der Waals surface area (Å²) < 4.78 is 10.9. The van der Waals surface area contributed by atoms with Crippen LogP contribution in [0.5, 0.6) is 5.75 Å². The molecule has 0 aliphatic heterocycles. The second-order valence-electron chi connectivity index (χ2n) is 6.03. The lowest BCUT2D eigenvalue weighted by atomic mass is 10.1. The molecule has 8 heteroatoms. The summed E-state index contributed by atoms with van der Waals surface area (Å²) in [6.07, 6.45) is 0. The van der Waals surface area contributed by atoms with Crippen LogP contribution in [0, 0.1) is 0 Å². The summed E-state index contributed by atoms with van der Waals surface area (Å²) in [6.45, 7) is -0.307. The molecule has 1 heterocycles. The van der Waals surface area contributed by atoms with Crippen LogP contribution in [-0.4, -0.2) is 35.9 Å². The number of para-hydroxylation sites is 1. The SMILES string of the molecule is COC(=O)c1ccccc1NC(=O)Cn1nc(-c2ccc(OC)cc2)ccc1=O. The highest BCUT2D eigenvalue weighted by atomic mass is 16.5. The molecular formula is C21H19N3O5. The first-order chi connectivity index (χ1) is 14.0. The quantitative estimate of drug-likeness (QED) is 0.646. The first kappa shape index (κ1) is 19.8. The molecule has 0 unspecified atom stereocenters. The molecule has 0 saturated heterocycles. The number of amides is 1. The first-order valence-electron chi connectivity index (χ1n) is 8.71. The number of nitrogens with one attached hydrogen (secondary N) is 1. The van der Waals surface area contributed by atoms with Gasteiger partial charge in [0.25, 0.3) is 5.56 Å². The predicted molar refractivity (Wildman–Crippen MR) is 107 cm³/mol. The molecule has 148 valence electrons. The standard InChI is InChI=1S/C21H19N3O5/c1-28-15-9-7-14(8-10-15)17-11-12-20(26)24(23-17)13-19(25)22-18-6-4-3-5-16(18)21(27)29-2/h3-12H,13H2,1-2H3,(H,22,25). The van der Waals surface area contributed by atoms with E-state index in [4.69, 9.17) is 9.47 Å². The summed E-state index contributed by atoms with van der Waals surface area (Å²) in [5.74, 6) is -0.369. The largest absolute Gasteiger partial charge is 0.497 e. The van der Waals surface area contributed by atoms with Gasteiger partial charge in [0.15, 0.2) is 0 Å². The predicted octanol–water partition coefficient (Wildman–Crippen LogP) is 2.34. The van der Waals surface area contributed by atoms with E-state index in [-0.39, 0.29) is 12.1 Å². The van der Waals surface area contributed by atoms with Gasteiger partial charge in [-0.1, -0.05) is 12.1 Å². The summed E-state index contributed by atoms with van der Waals surface area (Å²) in [4.78, 5) is 36.4. The van der Waals surface area contributed by atoms with Crippen LogP contribution in [0.15, 0.2) is 65.5 Å². The van der Waals surface area contributed by atoms with Crippen molar-refractivity contribution < 1.29 is 19.1 Å². The highest BCUT2D eigenvalue weighted by Gasteiger charge is 2.14.